The zero-order valence-electron chi connectivity index (χ0n) is 15.1. The van der Waals surface area contributed by atoms with E-state index in [0.29, 0.717) is 17.1 Å². The molecule has 1 N–H and O–H groups in total. The van der Waals surface area contributed by atoms with Gasteiger partial charge in [-0.2, -0.15) is 5.10 Å². The van der Waals surface area contributed by atoms with Gasteiger partial charge in [0, 0.05) is 18.5 Å². The van der Waals surface area contributed by atoms with Gasteiger partial charge in [0.05, 0.1) is 36.1 Å². The summed E-state index contributed by atoms with van der Waals surface area (Å²) in [6.07, 6.45) is 1.79. The average Bonchev–Trinajstić information content (AvgIpc) is 3.38. The summed E-state index contributed by atoms with van der Waals surface area (Å²) in [5.41, 5.74) is 2.43. The van der Waals surface area contributed by atoms with Gasteiger partial charge in [-0.05, 0) is 25.1 Å². The summed E-state index contributed by atoms with van der Waals surface area (Å²) < 4.78 is 8.67. The fraction of sp³-hybridized carbons (Fsp3) is 0.222. The second kappa shape index (κ2) is 6.84. The molecule has 0 radical (unpaired) electrons. The summed E-state index contributed by atoms with van der Waals surface area (Å²) >= 11 is 1.43. The van der Waals surface area contributed by atoms with Crippen LogP contribution >= 0.6 is 11.3 Å². The Hall–Kier alpha value is -3.20. The van der Waals surface area contributed by atoms with E-state index in [4.69, 9.17) is 4.74 Å². The van der Waals surface area contributed by atoms with Crippen LogP contribution in [0.5, 0.6) is 5.75 Å². The Bertz CT molecular complexity index is 1090. The maximum absolute atomic E-state index is 12.5. The lowest BCUT2D eigenvalue weighted by molar-refractivity contribution is 0.0954. The molecule has 27 heavy (non-hydrogen) atoms. The Morgan fingerprint density at radius 1 is 1.33 bits per heavy atom. The van der Waals surface area contributed by atoms with E-state index in [1.54, 1.807) is 22.7 Å². The fourth-order valence-corrected chi connectivity index (χ4v) is 3.87. The molecule has 0 fully saturated rings. The number of carbonyl (C=O) groups is 1. The molecule has 0 spiro atoms. The molecule has 0 unspecified atom stereocenters. The maximum Gasteiger partial charge on any atom is 0.261 e. The molecule has 0 aliphatic rings. The standard InChI is InChI=1S/C18H18N6O2S/c1-11-15-8-16(27-18(15)23(2)21-11)17(25)19-9-12-10-24(22-20-12)13-5-4-6-14(7-13)26-3/h4-8,10H,9H2,1-3H3,(H,19,25). The number of methoxy groups -OCH3 is 1. The van der Waals surface area contributed by atoms with Gasteiger partial charge >= 0.3 is 0 Å². The number of carbonyl (C=O) groups excluding carboxylic acids is 1. The zero-order chi connectivity index (χ0) is 19.0. The first-order valence-corrected chi connectivity index (χ1v) is 9.14. The number of fused-ring (bicyclic) bond motifs is 1. The number of aromatic nitrogens is 5. The molecule has 1 amide bonds. The third-order valence-corrected chi connectivity index (χ3v) is 5.41. The van der Waals surface area contributed by atoms with Crippen LogP contribution in [0.3, 0.4) is 0 Å². The van der Waals surface area contributed by atoms with Gasteiger partial charge in [-0.1, -0.05) is 11.3 Å². The number of benzene rings is 1. The van der Waals surface area contributed by atoms with E-state index in [9.17, 15) is 4.79 Å². The number of nitrogens with one attached hydrogen (secondary N) is 1. The van der Waals surface area contributed by atoms with E-state index in [1.165, 1.54) is 11.3 Å². The first-order chi connectivity index (χ1) is 13.0. The molecule has 4 rings (SSSR count). The summed E-state index contributed by atoms with van der Waals surface area (Å²) in [4.78, 5) is 14.1. The summed E-state index contributed by atoms with van der Waals surface area (Å²) in [6.45, 7) is 2.24. The maximum atomic E-state index is 12.5. The van der Waals surface area contributed by atoms with E-state index < -0.39 is 0 Å². The lowest BCUT2D eigenvalue weighted by Crippen LogP contribution is -2.22. The van der Waals surface area contributed by atoms with Crippen LogP contribution in [0.2, 0.25) is 0 Å². The van der Waals surface area contributed by atoms with E-state index in [1.807, 2.05) is 44.3 Å². The monoisotopic (exact) mass is 382 g/mol. The molecule has 0 bridgehead atoms. The van der Waals surface area contributed by atoms with Crippen molar-refractivity contribution in [2.24, 2.45) is 7.05 Å². The second-order valence-corrected chi connectivity index (χ2v) is 7.11. The molecule has 1 aromatic carbocycles. The molecular formula is C18H18N6O2S. The van der Waals surface area contributed by atoms with Gasteiger partial charge in [0.25, 0.3) is 5.91 Å². The number of thiophene rings is 1. The van der Waals surface area contributed by atoms with Gasteiger partial charge in [-0.3, -0.25) is 9.48 Å². The minimum absolute atomic E-state index is 0.133. The highest BCUT2D eigenvalue weighted by atomic mass is 32.1. The highest BCUT2D eigenvalue weighted by Gasteiger charge is 2.15. The van der Waals surface area contributed by atoms with E-state index in [2.05, 4.69) is 20.7 Å². The molecule has 8 nitrogen and oxygen atoms in total. The molecule has 3 aromatic heterocycles. The number of hydrogen-bond acceptors (Lipinski definition) is 6. The number of ether oxygens (including phenoxy) is 1. The van der Waals surface area contributed by atoms with Crippen molar-refractivity contribution in [3.05, 3.63) is 52.8 Å². The van der Waals surface area contributed by atoms with Crippen LogP contribution in [0.15, 0.2) is 36.5 Å². The number of rotatable bonds is 5. The quantitative estimate of drug-likeness (QED) is 0.573. The zero-order valence-corrected chi connectivity index (χ0v) is 15.9. The second-order valence-electron chi connectivity index (χ2n) is 6.08. The molecular weight excluding hydrogens is 364 g/mol. The van der Waals surface area contributed by atoms with E-state index >= 15 is 0 Å². The van der Waals surface area contributed by atoms with Gasteiger partial charge in [0.15, 0.2) is 0 Å². The highest BCUT2D eigenvalue weighted by molar-refractivity contribution is 7.20. The smallest absolute Gasteiger partial charge is 0.261 e. The van der Waals surface area contributed by atoms with Crippen molar-refractivity contribution in [1.82, 2.24) is 30.1 Å². The van der Waals surface area contributed by atoms with Gasteiger partial charge in [0.2, 0.25) is 0 Å². The normalized spacial score (nSPS) is 11.1. The molecule has 0 aliphatic heterocycles. The van der Waals surface area contributed by atoms with Crippen LogP contribution in [0.1, 0.15) is 21.1 Å². The molecule has 0 saturated carbocycles. The highest BCUT2D eigenvalue weighted by Crippen LogP contribution is 2.27. The number of hydrogen-bond donors (Lipinski definition) is 1. The van der Waals surface area contributed by atoms with Crippen molar-refractivity contribution >= 4 is 27.5 Å². The summed E-state index contributed by atoms with van der Waals surface area (Å²) in [5, 5.41) is 16.5. The molecule has 0 atom stereocenters. The van der Waals surface area contributed by atoms with Crippen molar-refractivity contribution in [3.63, 3.8) is 0 Å². The molecule has 3 heterocycles. The molecule has 4 aromatic rings. The first kappa shape index (κ1) is 17.2. The van der Waals surface area contributed by atoms with Crippen LogP contribution in [0.4, 0.5) is 0 Å². The van der Waals surface area contributed by atoms with Gasteiger partial charge in [0.1, 0.15) is 16.3 Å². The largest absolute Gasteiger partial charge is 0.497 e. The lowest BCUT2D eigenvalue weighted by atomic mass is 10.3. The Morgan fingerprint density at radius 3 is 2.96 bits per heavy atom. The third-order valence-electron chi connectivity index (χ3n) is 4.21. The van der Waals surface area contributed by atoms with Crippen LogP contribution in [0, 0.1) is 6.92 Å². The van der Waals surface area contributed by atoms with Crippen molar-refractivity contribution in [2.45, 2.75) is 13.5 Å². The first-order valence-electron chi connectivity index (χ1n) is 8.32. The number of amides is 1. The average molecular weight is 382 g/mol. The van der Waals surface area contributed by atoms with Crippen molar-refractivity contribution in [3.8, 4) is 11.4 Å². The molecule has 9 heteroatoms. The van der Waals surface area contributed by atoms with Crippen molar-refractivity contribution < 1.29 is 9.53 Å². The predicted octanol–water partition coefficient (Wildman–Crippen LogP) is 2.46. The van der Waals surface area contributed by atoms with Gasteiger partial charge < -0.3 is 10.1 Å². The fourth-order valence-electron chi connectivity index (χ4n) is 2.83. The Balaban J connectivity index is 1.46. The molecule has 0 saturated heterocycles. The topological polar surface area (TPSA) is 86.9 Å². The minimum Gasteiger partial charge on any atom is -0.497 e. The lowest BCUT2D eigenvalue weighted by Gasteiger charge is -2.03. The van der Waals surface area contributed by atoms with Crippen LogP contribution in [0.25, 0.3) is 15.9 Å². The SMILES string of the molecule is COc1cccc(-n2cc(CNC(=O)c3cc4c(C)nn(C)c4s3)nn2)c1. The van der Waals surface area contributed by atoms with Crippen molar-refractivity contribution in [1.29, 1.82) is 0 Å². The summed E-state index contributed by atoms with van der Waals surface area (Å²) in [6, 6.07) is 9.40. The van der Waals surface area contributed by atoms with Crippen molar-refractivity contribution in [2.75, 3.05) is 7.11 Å². The van der Waals surface area contributed by atoms with Crippen LogP contribution < -0.4 is 10.1 Å². The number of aryl methyl sites for hydroxylation is 2. The van der Waals surface area contributed by atoms with Crippen LogP contribution in [-0.2, 0) is 13.6 Å². The number of nitrogens with zero attached hydrogens (tertiary/aromatic N) is 5. The molecule has 0 aliphatic carbocycles. The summed E-state index contributed by atoms with van der Waals surface area (Å²) in [5.74, 6) is 0.610. The third kappa shape index (κ3) is 3.28. The Morgan fingerprint density at radius 2 is 2.19 bits per heavy atom. The van der Waals surface area contributed by atoms with Gasteiger partial charge in [-0.15, -0.1) is 16.4 Å². The van der Waals surface area contributed by atoms with E-state index in [0.717, 1.165) is 27.3 Å². The summed E-state index contributed by atoms with van der Waals surface area (Å²) in [7, 11) is 3.50. The molecule has 138 valence electrons. The Labute approximate surface area is 159 Å². The minimum atomic E-state index is -0.133. The van der Waals surface area contributed by atoms with Crippen LogP contribution in [-0.4, -0.2) is 37.8 Å². The van der Waals surface area contributed by atoms with E-state index in [-0.39, 0.29) is 5.91 Å². The van der Waals surface area contributed by atoms with Gasteiger partial charge in [-0.25, -0.2) is 4.68 Å². The predicted molar refractivity (Wildman–Crippen MR) is 102 cm³/mol. The Kier molecular flexibility index (Phi) is 4.36.